The number of hydrogen-bond donors (Lipinski definition) is 1. The zero-order chi connectivity index (χ0) is 22.1. The molecule has 2 fully saturated rings. The van der Waals surface area contributed by atoms with Gasteiger partial charge in [-0.2, -0.15) is 5.10 Å². The molecule has 1 saturated carbocycles. The van der Waals surface area contributed by atoms with Gasteiger partial charge in [0.25, 0.3) is 0 Å². The Morgan fingerprint density at radius 2 is 1.91 bits per heavy atom. The zero-order valence-corrected chi connectivity index (χ0v) is 19.4. The van der Waals surface area contributed by atoms with Crippen molar-refractivity contribution in [3.63, 3.8) is 0 Å². The fourth-order valence-electron chi connectivity index (χ4n) is 4.34. The van der Waals surface area contributed by atoms with Crippen molar-refractivity contribution in [1.82, 2.24) is 14.8 Å². The number of benzene rings is 1. The van der Waals surface area contributed by atoms with Gasteiger partial charge in [0.15, 0.2) is 0 Å². The van der Waals surface area contributed by atoms with E-state index in [0.29, 0.717) is 5.41 Å². The highest BCUT2D eigenvalue weighted by atomic mass is 16.5. The summed E-state index contributed by atoms with van der Waals surface area (Å²) in [5, 5.41) is 8.01. The van der Waals surface area contributed by atoms with Crippen LogP contribution in [-0.2, 0) is 11.8 Å². The van der Waals surface area contributed by atoms with Gasteiger partial charge in [-0.3, -0.25) is 4.68 Å². The van der Waals surface area contributed by atoms with Gasteiger partial charge in [0.1, 0.15) is 5.82 Å². The van der Waals surface area contributed by atoms with E-state index in [0.717, 1.165) is 49.9 Å². The van der Waals surface area contributed by atoms with Crippen molar-refractivity contribution in [2.24, 2.45) is 12.5 Å². The predicted octanol–water partition coefficient (Wildman–Crippen LogP) is 4.90. The number of aryl methyl sites for hydroxylation is 2. The van der Waals surface area contributed by atoms with E-state index in [1.165, 1.54) is 41.6 Å². The van der Waals surface area contributed by atoms with Crippen LogP contribution in [0.25, 0.3) is 22.4 Å². The highest BCUT2D eigenvalue weighted by Crippen LogP contribution is 2.47. The van der Waals surface area contributed by atoms with Crippen molar-refractivity contribution < 1.29 is 4.74 Å². The summed E-state index contributed by atoms with van der Waals surface area (Å²) in [4.78, 5) is 7.32. The number of anilines is 2. The van der Waals surface area contributed by atoms with Gasteiger partial charge in [0.05, 0.1) is 25.1 Å². The molecule has 5 rings (SSSR count). The third-order valence-corrected chi connectivity index (χ3v) is 6.86. The molecule has 3 heterocycles. The number of nitrogens with zero attached hydrogens (tertiary/aromatic N) is 4. The maximum absolute atomic E-state index is 5.56. The first-order valence-electron chi connectivity index (χ1n) is 11.7. The average molecular weight is 432 g/mol. The Kier molecular flexibility index (Phi) is 5.64. The van der Waals surface area contributed by atoms with Crippen LogP contribution in [0.2, 0.25) is 0 Å². The minimum Gasteiger partial charge on any atom is -0.385 e. The Bertz CT molecular complexity index is 1100. The second-order valence-corrected chi connectivity index (χ2v) is 9.62. The van der Waals surface area contributed by atoms with Crippen LogP contribution in [0, 0.1) is 12.3 Å². The first-order chi connectivity index (χ1) is 15.5. The quantitative estimate of drug-likeness (QED) is 0.577. The van der Waals surface area contributed by atoms with Crippen LogP contribution in [0.5, 0.6) is 0 Å². The van der Waals surface area contributed by atoms with E-state index in [1.54, 1.807) is 0 Å². The lowest BCUT2D eigenvalue weighted by molar-refractivity contribution is 0.122. The molecule has 2 aliphatic rings. The zero-order valence-electron chi connectivity index (χ0n) is 19.4. The molecule has 6 nitrogen and oxygen atoms in total. The second kappa shape index (κ2) is 8.58. The summed E-state index contributed by atoms with van der Waals surface area (Å²) in [6.07, 6.45) is 7.88. The molecule has 32 heavy (non-hydrogen) atoms. The standard InChI is InChI=1S/C26H33N5O/c1-19-4-5-22(27-9-8-26(2)6-7-26)16-23(19)20-14-24(21-17-28-30(3)18-21)29-25(15-20)31-10-12-32-13-11-31/h4-5,14-18,27H,6-13H2,1-3H3. The molecule has 1 N–H and O–H groups in total. The number of hydrogen-bond acceptors (Lipinski definition) is 5. The molecule has 0 atom stereocenters. The summed E-state index contributed by atoms with van der Waals surface area (Å²) >= 11 is 0. The minimum absolute atomic E-state index is 0.567. The van der Waals surface area contributed by atoms with Crippen LogP contribution >= 0.6 is 0 Å². The molecular weight excluding hydrogens is 398 g/mol. The lowest BCUT2D eigenvalue weighted by Crippen LogP contribution is -2.36. The van der Waals surface area contributed by atoms with E-state index >= 15 is 0 Å². The maximum atomic E-state index is 5.56. The van der Waals surface area contributed by atoms with E-state index in [-0.39, 0.29) is 0 Å². The molecule has 1 saturated heterocycles. The normalized spacial score (nSPS) is 17.4. The van der Waals surface area contributed by atoms with Gasteiger partial charge >= 0.3 is 0 Å². The third kappa shape index (κ3) is 4.65. The van der Waals surface area contributed by atoms with Crippen molar-refractivity contribution >= 4 is 11.5 Å². The van der Waals surface area contributed by atoms with Gasteiger partial charge in [-0.05, 0) is 72.6 Å². The second-order valence-electron chi connectivity index (χ2n) is 9.62. The van der Waals surface area contributed by atoms with E-state index in [9.17, 15) is 0 Å². The highest BCUT2D eigenvalue weighted by Gasteiger charge is 2.36. The Balaban J connectivity index is 1.49. The summed E-state index contributed by atoms with van der Waals surface area (Å²) in [6.45, 7) is 8.80. The average Bonchev–Trinajstić information content (AvgIpc) is 3.38. The number of ether oxygens (including phenoxy) is 1. The topological polar surface area (TPSA) is 55.2 Å². The summed E-state index contributed by atoms with van der Waals surface area (Å²) in [6, 6.07) is 11.1. The van der Waals surface area contributed by atoms with Crippen LogP contribution in [-0.4, -0.2) is 47.6 Å². The summed E-state index contributed by atoms with van der Waals surface area (Å²) in [7, 11) is 1.94. The third-order valence-electron chi connectivity index (χ3n) is 6.86. The molecule has 0 amide bonds. The smallest absolute Gasteiger partial charge is 0.130 e. The molecule has 6 heteroatoms. The van der Waals surface area contributed by atoms with Gasteiger partial charge in [-0.25, -0.2) is 4.98 Å². The van der Waals surface area contributed by atoms with Crippen LogP contribution in [0.4, 0.5) is 11.5 Å². The molecule has 1 aliphatic carbocycles. The molecule has 3 aromatic rings. The fourth-order valence-corrected chi connectivity index (χ4v) is 4.34. The predicted molar refractivity (Wildman–Crippen MR) is 130 cm³/mol. The van der Waals surface area contributed by atoms with Crippen LogP contribution in [0.1, 0.15) is 31.7 Å². The molecule has 0 unspecified atom stereocenters. The molecule has 2 aromatic heterocycles. The Labute approximate surface area is 190 Å². The van der Waals surface area contributed by atoms with Crippen LogP contribution < -0.4 is 10.2 Å². The largest absolute Gasteiger partial charge is 0.385 e. The number of morpholine rings is 1. The molecule has 0 spiro atoms. The molecule has 0 radical (unpaired) electrons. The summed E-state index contributed by atoms with van der Waals surface area (Å²) in [5.74, 6) is 1.00. The molecule has 1 aliphatic heterocycles. The van der Waals surface area contributed by atoms with Gasteiger partial charge < -0.3 is 15.0 Å². The minimum atomic E-state index is 0.567. The van der Waals surface area contributed by atoms with Crippen LogP contribution in [0.3, 0.4) is 0 Å². The first-order valence-corrected chi connectivity index (χ1v) is 11.7. The van der Waals surface area contributed by atoms with E-state index in [2.05, 4.69) is 59.5 Å². The number of aromatic nitrogens is 3. The van der Waals surface area contributed by atoms with Crippen molar-refractivity contribution in [2.75, 3.05) is 43.1 Å². The lowest BCUT2D eigenvalue weighted by atomic mass is 9.98. The Morgan fingerprint density at radius 1 is 1.09 bits per heavy atom. The SMILES string of the molecule is Cc1ccc(NCCC2(C)CC2)cc1-c1cc(-c2cnn(C)c2)nc(N2CCOCC2)c1. The first kappa shape index (κ1) is 21.0. The maximum Gasteiger partial charge on any atom is 0.130 e. The summed E-state index contributed by atoms with van der Waals surface area (Å²) in [5.41, 5.74) is 7.44. The van der Waals surface area contributed by atoms with Gasteiger partial charge in [0.2, 0.25) is 0 Å². The van der Waals surface area contributed by atoms with E-state index in [4.69, 9.17) is 9.72 Å². The lowest BCUT2D eigenvalue weighted by Gasteiger charge is -2.28. The Hall–Kier alpha value is -2.86. The van der Waals surface area contributed by atoms with Gasteiger partial charge in [-0.15, -0.1) is 0 Å². The molecule has 168 valence electrons. The Morgan fingerprint density at radius 3 is 2.62 bits per heavy atom. The van der Waals surface area contributed by atoms with Crippen molar-refractivity contribution in [1.29, 1.82) is 0 Å². The monoisotopic (exact) mass is 431 g/mol. The number of nitrogens with one attached hydrogen (secondary N) is 1. The molecular formula is C26H33N5O. The number of rotatable bonds is 7. The van der Waals surface area contributed by atoms with Crippen molar-refractivity contribution in [3.05, 3.63) is 48.3 Å². The molecule has 0 bridgehead atoms. The van der Waals surface area contributed by atoms with Crippen molar-refractivity contribution in [3.8, 4) is 22.4 Å². The highest BCUT2D eigenvalue weighted by molar-refractivity contribution is 5.77. The van der Waals surface area contributed by atoms with Crippen molar-refractivity contribution in [2.45, 2.75) is 33.1 Å². The van der Waals surface area contributed by atoms with E-state index < -0.39 is 0 Å². The van der Waals surface area contributed by atoms with Crippen LogP contribution in [0.15, 0.2) is 42.7 Å². The molecule has 1 aromatic carbocycles. The van der Waals surface area contributed by atoms with Gasteiger partial charge in [0, 0.05) is 44.1 Å². The fraction of sp³-hybridized carbons (Fsp3) is 0.462. The van der Waals surface area contributed by atoms with E-state index in [1.807, 2.05) is 24.1 Å². The number of pyridine rings is 1. The van der Waals surface area contributed by atoms with Gasteiger partial charge in [-0.1, -0.05) is 13.0 Å². The summed E-state index contributed by atoms with van der Waals surface area (Å²) < 4.78 is 7.39.